The lowest BCUT2D eigenvalue weighted by atomic mass is 10.0. The number of rotatable bonds is 7. The Morgan fingerprint density at radius 2 is 1.83 bits per heavy atom. The number of esters is 1. The summed E-state index contributed by atoms with van der Waals surface area (Å²) in [5.41, 5.74) is 0.734. The van der Waals surface area contributed by atoms with Crippen molar-refractivity contribution in [3.8, 4) is 11.5 Å². The Morgan fingerprint density at radius 1 is 1.08 bits per heavy atom. The van der Waals surface area contributed by atoms with Gasteiger partial charge >= 0.3 is 5.97 Å². The highest BCUT2D eigenvalue weighted by Crippen LogP contribution is 2.34. The molecule has 1 N–H and O–H groups in total. The number of hydrogen-bond donors (Lipinski definition) is 1. The molecule has 0 aliphatic carbocycles. The maximum atomic E-state index is 13.4. The molecule has 1 fully saturated rings. The zero-order chi connectivity index (χ0) is 26.3. The van der Waals surface area contributed by atoms with Crippen molar-refractivity contribution in [2.24, 2.45) is 0 Å². The van der Waals surface area contributed by atoms with E-state index in [-0.39, 0.29) is 24.9 Å². The lowest BCUT2D eigenvalue weighted by molar-refractivity contribution is -0.152. The zero-order valence-electron chi connectivity index (χ0n) is 21.6. The first-order valence-corrected chi connectivity index (χ1v) is 11.7. The predicted octanol–water partition coefficient (Wildman–Crippen LogP) is 3.07. The maximum absolute atomic E-state index is 13.4. The van der Waals surface area contributed by atoms with Gasteiger partial charge in [-0.2, -0.15) is 0 Å². The number of cyclic esters (lactones) is 1. The van der Waals surface area contributed by atoms with E-state index in [2.05, 4.69) is 0 Å². The molecule has 0 spiro atoms. The van der Waals surface area contributed by atoms with Crippen molar-refractivity contribution in [3.05, 3.63) is 41.5 Å². The van der Waals surface area contributed by atoms with Crippen LogP contribution in [0.3, 0.4) is 0 Å². The first-order valence-electron chi connectivity index (χ1n) is 11.7. The smallest absolute Gasteiger partial charge is 0.342 e. The van der Waals surface area contributed by atoms with Crippen LogP contribution in [0.4, 0.5) is 0 Å². The highest BCUT2D eigenvalue weighted by Gasteiger charge is 2.43. The van der Waals surface area contributed by atoms with E-state index in [9.17, 15) is 9.90 Å². The molecule has 2 heterocycles. The molecule has 10 heteroatoms. The molecule has 200 valence electrons. The Hall–Kier alpha value is -2.47. The summed E-state index contributed by atoms with van der Waals surface area (Å²) in [6.45, 7) is 5.18. The van der Waals surface area contributed by atoms with Crippen LogP contribution in [0, 0.1) is 0 Å². The summed E-state index contributed by atoms with van der Waals surface area (Å²) in [6.07, 6.45) is 3.76. The monoisotopic (exact) mass is 508 g/mol. The number of ether oxygens (including phenoxy) is 8. The van der Waals surface area contributed by atoms with E-state index in [4.69, 9.17) is 37.9 Å². The molecular weight excluding hydrogens is 472 g/mol. The number of benzene rings is 1. The number of carbonyl (C=O) groups is 1. The van der Waals surface area contributed by atoms with E-state index in [0.29, 0.717) is 17.7 Å². The average Bonchev–Trinajstić information content (AvgIpc) is 3.15. The van der Waals surface area contributed by atoms with Gasteiger partial charge < -0.3 is 43.0 Å². The number of aliphatic hydroxyl groups is 1. The summed E-state index contributed by atoms with van der Waals surface area (Å²) in [6, 6.07) is 3.31. The minimum Gasteiger partial charge on any atom is -0.497 e. The fourth-order valence-corrected chi connectivity index (χ4v) is 4.10. The molecule has 1 saturated heterocycles. The van der Waals surface area contributed by atoms with Crippen LogP contribution in [-0.2, 0) is 28.4 Å². The minimum atomic E-state index is -0.980. The van der Waals surface area contributed by atoms with Crippen molar-refractivity contribution < 1.29 is 47.8 Å². The standard InChI is InChI=1S/C26H36O10/c1-16-20(32-14-29-4)11-10-19(27)24-21(35-26(2,3)36-24)9-7-8-17-12-18(31-6)13-22(33-15-30-5)23(17)25(28)34-16/h7-8,10-13,16,19-21,24,27H,9,14-15H2,1-6H3/b8-7+,11-10-/t16-,19?,20+,21-,24+/m0/s1. The largest absolute Gasteiger partial charge is 0.497 e. The number of fused-ring (bicyclic) bond motifs is 2. The molecule has 0 amide bonds. The van der Waals surface area contributed by atoms with E-state index < -0.39 is 42.3 Å². The number of methoxy groups -OCH3 is 3. The Morgan fingerprint density at radius 3 is 2.53 bits per heavy atom. The van der Waals surface area contributed by atoms with Gasteiger partial charge in [-0.15, -0.1) is 0 Å². The normalized spacial score (nSPS) is 29.9. The van der Waals surface area contributed by atoms with Gasteiger partial charge in [-0.05, 0) is 38.8 Å². The quantitative estimate of drug-likeness (QED) is 0.335. The van der Waals surface area contributed by atoms with Gasteiger partial charge in [-0.25, -0.2) is 4.79 Å². The van der Waals surface area contributed by atoms with Gasteiger partial charge in [0.1, 0.15) is 48.3 Å². The van der Waals surface area contributed by atoms with Crippen molar-refractivity contribution in [3.63, 3.8) is 0 Å². The lowest BCUT2D eigenvalue weighted by Gasteiger charge is -2.24. The van der Waals surface area contributed by atoms with Crippen LogP contribution in [0.2, 0.25) is 0 Å². The fourth-order valence-electron chi connectivity index (χ4n) is 4.10. The van der Waals surface area contributed by atoms with E-state index in [0.717, 1.165) is 0 Å². The van der Waals surface area contributed by atoms with Gasteiger partial charge in [-0.1, -0.05) is 24.3 Å². The van der Waals surface area contributed by atoms with Gasteiger partial charge in [0.25, 0.3) is 0 Å². The van der Waals surface area contributed by atoms with Crippen LogP contribution in [0.15, 0.2) is 30.4 Å². The third-order valence-corrected chi connectivity index (χ3v) is 5.73. The van der Waals surface area contributed by atoms with Crippen LogP contribution in [0.1, 0.15) is 43.1 Å². The topological polar surface area (TPSA) is 111 Å². The highest BCUT2D eigenvalue weighted by molar-refractivity contribution is 5.97. The van der Waals surface area contributed by atoms with E-state index >= 15 is 0 Å². The van der Waals surface area contributed by atoms with E-state index in [1.54, 1.807) is 51.1 Å². The van der Waals surface area contributed by atoms with Gasteiger partial charge in [0.05, 0.1) is 13.2 Å². The summed E-state index contributed by atoms with van der Waals surface area (Å²) >= 11 is 0. The van der Waals surface area contributed by atoms with Gasteiger partial charge in [0.15, 0.2) is 12.6 Å². The molecule has 0 saturated carbocycles. The molecule has 1 aromatic carbocycles. The second kappa shape index (κ2) is 12.7. The molecule has 10 nitrogen and oxygen atoms in total. The van der Waals surface area contributed by atoms with Crippen LogP contribution >= 0.6 is 0 Å². The van der Waals surface area contributed by atoms with Crippen molar-refractivity contribution in [1.29, 1.82) is 0 Å². The number of hydrogen-bond acceptors (Lipinski definition) is 10. The molecule has 1 aromatic rings. The third kappa shape index (κ3) is 7.06. The molecule has 5 atom stereocenters. The third-order valence-electron chi connectivity index (χ3n) is 5.73. The Balaban J connectivity index is 2.07. The summed E-state index contributed by atoms with van der Waals surface area (Å²) < 4.78 is 44.7. The predicted molar refractivity (Wildman–Crippen MR) is 130 cm³/mol. The van der Waals surface area contributed by atoms with E-state index in [1.165, 1.54) is 21.3 Å². The zero-order valence-corrected chi connectivity index (χ0v) is 21.6. The molecule has 36 heavy (non-hydrogen) atoms. The SMILES string of the molecule is COCOc1cc(OC)cc2c1C(=O)O[C@@H](C)[C@H](OCOC)/C=C\C(O)[C@H]1OC(C)(C)O[C@H]1C/C=C/2. The molecular formula is C26H36O10. The molecule has 0 radical (unpaired) electrons. The Bertz CT molecular complexity index is 941. The summed E-state index contributed by atoms with van der Waals surface area (Å²) in [5.74, 6) is -0.745. The van der Waals surface area contributed by atoms with Crippen LogP contribution in [-0.4, -0.2) is 82.3 Å². The Labute approximate surface area is 211 Å². The molecule has 1 unspecified atom stereocenters. The molecule has 2 aliphatic rings. The maximum Gasteiger partial charge on any atom is 0.342 e. The molecule has 3 rings (SSSR count). The summed E-state index contributed by atoms with van der Waals surface area (Å²) in [4.78, 5) is 13.4. The summed E-state index contributed by atoms with van der Waals surface area (Å²) in [5, 5.41) is 10.9. The second-order valence-corrected chi connectivity index (χ2v) is 8.94. The first kappa shape index (κ1) is 28.1. The molecule has 0 bridgehead atoms. The van der Waals surface area contributed by atoms with Crippen molar-refractivity contribution in [2.75, 3.05) is 34.9 Å². The van der Waals surface area contributed by atoms with Gasteiger partial charge in [-0.3, -0.25) is 0 Å². The van der Waals surface area contributed by atoms with Crippen molar-refractivity contribution in [2.45, 2.75) is 63.5 Å². The fraction of sp³-hybridized carbons (Fsp3) is 0.577. The van der Waals surface area contributed by atoms with Crippen molar-refractivity contribution in [1.82, 2.24) is 0 Å². The average molecular weight is 509 g/mol. The first-order chi connectivity index (χ1) is 17.2. The van der Waals surface area contributed by atoms with Crippen LogP contribution in [0.25, 0.3) is 6.08 Å². The van der Waals surface area contributed by atoms with Crippen molar-refractivity contribution >= 4 is 12.0 Å². The van der Waals surface area contributed by atoms with Crippen LogP contribution in [0.5, 0.6) is 11.5 Å². The summed E-state index contributed by atoms with van der Waals surface area (Å²) in [7, 11) is 4.50. The minimum absolute atomic E-state index is 0.0373. The van der Waals surface area contributed by atoms with Gasteiger partial charge in [0, 0.05) is 20.3 Å². The number of carbonyl (C=O) groups excluding carboxylic acids is 1. The van der Waals surface area contributed by atoms with Gasteiger partial charge in [0.2, 0.25) is 0 Å². The Kier molecular flexibility index (Phi) is 9.89. The molecule has 2 aliphatic heterocycles. The van der Waals surface area contributed by atoms with Crippen LogP contribution < -0.4 is 9.47 Å². The second-order valence-electron chi connectivity index (χ2n) is 8.94. The highest BCUT2D eigenvalue weighted by atomic mass is 16.8. The number of aliphatic hydroxyl groups excluding tert-OH is 1. The van der Waals surface area contributed by atoms with E-state index in [1.807, 2.05) is 6.08 Å². The lowest BCUT2D eigenvalue weighted by Crippen LogP contribution is -2.35. The molecule has 0 aromatic heterocycles.